The molecule has 3 aromatic rings. The number of carbonyl (C=O) groups excluding carboxylic acids is 4. The lowest BCUT2D eigenvalue weighted by atomic mass is 10.00. The molecule has 2 aliphatic heterocycles. The number of carbonyl (C=O) groups is 4. The van der Waals surface area contributed by atoms with Crippen LogP contribution in [0.3, 0.4) is 0 Å². The Balaban J connectivity index is 1.25. The lowest BCUT2D eigenvalue weighted by Crippen LogP contribution is -2.44. The average Bonchev–Trinajstić information content (AvgIpc) is 3.26. The van der Waals surface area contributed by atoms with Gasteiger partial charge in [0.05, 0.1) is 11.5 Å². The van der Waals surface area contributed by atoms with Crippen molar-refractivity contribution in [2.45, 2.75) is 19.9 Å². The quantitative estimate of drug-likeness (QED) is 0.295. The van der Waals surface area contributed by atoms with Crippen LogP contribution in [0.2, 0.25) is 0 Å². The highest BCUT2D eigenvalue weighted by molar-refractivity contribution is 9.10. The van der Waals surface area contributed by atoms with E-state index in [9.17, 15) is 23.6 Å². The number of imide groups is 1. The summed E-state index contributed by atoms with van der Waals surface area (Å²) in [6, 6.07) is 16.5. The van der Waals surface area contributed by atoms with E-state index >= 15 is 0 Å². The van der Waals surface area contributed by atoms with Gasteiger partial charge in [0.15, 0.2) is 18.1 Å². The predicted octanol–water partition coefficient (Wildman–Crippen LogP) is 5.63. The number of nitrogens with one attached hydrogen (secondary N) is 1. The molecule has 4 amide bonds. The second-order valence-corrected chi connectivity index (χ2v) is 11.5. The molecule has 0 spiro atoms. The van der Waals surface area contributed by atoms with Crippen LogP contribution in [-0.4, -0.2) is 59.1 Å². The smallest absolute Gasteiger partial charge is 0.294 e. The van der Waals surface area contributed by atoms with Gasteiger partial charge in [0, 0.05) is 23.2 Å². The minimum atomic E-state index is -0.552. The molecule has 1 saturated heterocycles. The number of rotatable bonds is 9. The molecule has 222 valence electrons. The Kier molecular flexibility index (Phi) is 9.46. The van der Waals surface area contributed by atoms with Gasteiger partial charge in [-0.25, -0.2) is 4.39 Å². The Bertz CT molecular complexity index is 1610. The molecule has 1 N–H and O–H groups in total. The van der Waals surface area contributed by atoms with Crippen molar-refractivity contribution in [1.29, 1.82) is 0 Å². The number of hydrogen-bond donors (Lipinski definition) is 1. The van der Waals surface area contributed by atoms with E-state index in [4.69, 9.17) is 9.47 Å². The van der Waals surface area contributed by atoms with Gasteiger partial charge in [-0.15, -0.1) is 0 Å². The highest BCUT2D eigenvalue weighted by atomic mass is 79.9. The molecule has 9 nitrogen and oxygen atoms in total. The number of fused-ring (bicyclic) bond motifs is 1. The first-order valence-corrected chi connectivity index (χ1v) is 15.1. The third kappa shape index (κ3) is 7.26. The third-order valence-corrected chi connectivity index (χ3v) is 8.38. The SMILES string of the molecule is CCOc1cc(/C=C2\SC(=O)N(CC(=O)N3CCc4ccccc4C3)C2=O)c(Br)cc1OCC(=O)Nc1ccc(F)cc1. The number of anilines is 1. The molecule has 0 aromatic heterocycles. The molecule has 0 unspecified atom stereocenters. The van der Waals surface area contributed by atoms with Crippen LogP contribution < -0.4 is 14.8 Å². The zero-order valence-electron chi connectivity index (χ0n) is 23.1. The fourth-order valence-electron chi connectivity index (χ4n) is 4.64. The summed E-state index contributed by atoms with van der Waals surface area (Å²) in [7, 11) is 0. The number of halogens is 2. The van der Waals surface area contributed by atoms with Gasteiger partial charge in [-0.3, -0.25) is 24.1 Å². The van der Waals surface area contributed by atoms with Gasteiger partial charge in [0.2, 0.25) is 5.91 Å². The Morgan fingerprint density at radius 2 is 1.77 bits per heavy atom. The van der Waals surface area contributed by atoms with Crippen LogP contribution in [-0.2, 0) is 27.3 Å². The van der Waals surface area contributed by atoms with Crippen LogP contribution in [0.15, 0.2) is 70.0 Å². The Hall–Kier alpha value is -4.16. The van der Waals surface area contributed by atoms with Crippen molar-refractivity contribution >= 4 is 62.4 Å². The molecular formula is C31H27BrFN3O6S. The zero-order valence-corrected chi connectivity index (χ0v) is 25.5. The van der Waals surface area contributed by atoms with Gasteiger partial charge in [0.25, 0.3) is 17.1 Å². The highest BCUT2D eigenvalue weighted by Crippen LogP contribution is 2.38. The molecule has 0 saturated carbocycles. The average molecular weight is 669 g/mol. The van der Waals surface area contributed by atoms with E-state index in [0.717, 1.165) is 28.6 Å². The first-order chi connectivity index (χ1) is 20.7. The second-order valence-electron chi connectivity index (χ2n) is 9.70. The van der Waals surface area contributed by atoms with E-state index in [2.05, 4.69) is 21.2 Å². The van der Waals surface area contributed by atoms with E-state index in [0.29, 0.717) is 41.2 Å². The van der Waals surface area contributed by atoms with Crippen molar-refractivity contribution in [1.82, 2.24) is 9.80 Å². The topological polar surface area (TPSA) is 105 Å². The summed E-state index contributed by atoms with van der Waals surface area (Å²) in [6.45, 7) is 2.39. The van der Waals surface area contributed by atoms with Crippen LogP contribution in [0.5, 0.6) is 11.5 Å². The van der Waals surface area contributed by atoms with Crippen molar-refractivity contribution < 1.29 is 33.0 Å². The zero-order chi connectivity index (χ0) is 30.5. The van der Waals surface area contributed by atoms with Crippen molar-refractivity contribution in [3.63, 3.8) is 0 Å². The summed E-state index contributed by atoms with van der Waals surface area (Å²) in [4.78, 5) is 54.1. The van der Waals surface area contributed by atoms with Gasteiger partial charge < -0.3 is 19.7 Å². The standard InChI is InChI=1S/C31H27BrFN3O6S/c1-2-41-25-13-21(24(32)15-26(25)42-18-28(37)34-23-9-7-22(33)8-10-23)14-27-30(39)36(31(40)43-27)17-29(38)35-12-11-19-5-3-4-6-20(19)16-35/h3-10,13-15H,2,11-12,16-18H2,1H3,(H,34,37)/b27-14-. The normalized spacial score (nSPS) is 15.5. The van der Waals surface area contributed by atoms with E-state index in [1.807, 2.05) is 24.3 Å². The molecule has 0 atom stereocenters. The van der Waals surface area contributed by atoms with Crippen molar-refractivity contribution in [3.05, 3.63) is 92.5 Å². The largest absolute Gasteiger partial charge is 0.490 e. The van der Waals surface area contributed by atoms with Gasteiger partial charge in [-0.05, 0) is 84.3 Å². The van der Waals surface area contributed by atoms with Crippen LogP contribution >= 0.6 is 27.7 Å². The Morgan fingerprint density at radius 3 is 2.51 bits per heavy atom. The first kappa shape index (κ1) is 30.3. The summed E-state index contributed by atoms with van der Waals surface area (Å²) < 4.78 is 25.0. The fourth-order valence-corrected chi connectivity index (χ4v) is 5.90. The Morgan fingerprint density at radius 1 is 1.05 bits per heavy atom. The maximum absolute atomic E-state index is 13.2. The second kappa shape index (κ2) is 13.4. The maximum Gasteiger partial charge on any atom is 0.294 e. The monoisotopic (exact) mass is 667 g/mol. The molecule has 3 aromatic carbocycles. The van der Waals surface area contributed by atoms with Crippen LogP contribution in [0.1, 0.15) is 23.6 Å². The lowest BCUT2D eigenvalue weighted by molar-refractivity contribution is -0.136. The maximum atomic E-state index is 13.2. The molecule has 1 fully saturated rings. The van der Waals surface area contributed by atoms with Gasteiger partial charge in [-0.2, -0.15) is 0 Å². The lowest BCUT2D eigenvalue weighted by Gasteiger charge is -2.29. The minimum absolute atomic E-state index is 0.164. The number of nitrogens with zero attached hydrogens (tertiary/aromatic N) is 2. The summed E-state index contributed by atoms with van der Waals surface area (Å²) in [5.74, 6) is -1.10. The fraction of sp³-hybridized carbons (Fsp3) is 0.226. The first-order valence-electron chi connectivity index (χ1n) is 13.5. The minimum Gasteiger partial charge on any atom is -0.490 e. The van der Waals surface area contributed by atoms with Crippen molar-refractivity contribution in [2.24, 2.45) is 0 Å². The van der Waals surface area contributed by atoms with Crippen molar-refractivity contribution in [3.8, 4) is 11.5 Å². The van der Waals surface area contributed by atoms with Crippen LogP contribution in [0.25, 0.3) is 6.08 Å². The van der Waals surface area contributed by atoms with Crippen LogP contribution in [0.4, 0.5) is 14.9 Å². The van der Waals surface area contributed by atoms with E-state index in [-0.39, 0.29) is 29.7 Å². The number of ether oxygens (including phenoxy) is 2. The van der Waals surface area contributed by atoms with Gasteiger partial charge >= 0.3 is 0 Å². The van der Waals surface area contributed by atoms with Crippen molar-refractivity contribution in [2.75, 3.05) is 31.6 Å². The van der Waals surface area contributed by atoms with E-state index in [1.54, 1.807) is 30.0 Å². The Labute approximate surface area is 260 Å². The number of benzene rings is 3. The molecule has 2 heterocycles. The van der Waals surface area contributed by atoms with Gasteiger partial charge in [-0.1, -0.05) is 40.2 Å². The molecular weight excluding hydrogens is 641 g/mol. The predicted molar refractivity (Wildman–Crippen MR) is 164 cm³/mol. The molecule has 0 bridgehead atoms. The van der Waals surface area contributed by atoms with Gasteiger partial charge in [0.1, 0.15) is 12.4 Å². The van der Waals surface area contributed by atoms with Crippen LogP contribution in [0, 0.1) is 5.82 Å². The molecule has 0 radical (unpaired) electrons. The summed E-state index contributed by atoms with van der Waals surface area (Å²) >= 11 is 4.23. The number of amides is 4. The molecule has 5 rings (SSSR count). The number of hydrogen-bond acceptors (Lipinski definition) is 7. The number of thioether (sulfide) groups is 1. The summed E-state index contributed by atoms with van der Waals surface area (Å²) in [5, 5.41) is 2.10. The highest BCUT2D eigenvalue weighted by Gasteiger charge is 2.37. The molecule has 0 aliphatic carbocycles. The molecule has 2 aliphatic rings. The van der Waals surface area contributed by atoms with E-state index in [1.165, 1.54) is 29.8 Å². The summed E-state index contributed by atoms with van der Waals surface area (Å²) in [5.41, 5.74) is 3.22. The van der Waals surface area contributed by atoms with E-state index < -0.39 is 22.9 Å². The molecule has 43 heavy (non-hydrogen) atoms. The third-order valence-electron chi connectivity index (χ3n) is 6.79. The molecule has 12 heteroatoms. The summed E-state index contributed by atoms with van der Waals surface area (Å²) in [6.07, 6.45) is 2.27.